The maximum Gasteiger partial charge on any atom is 0.149 e. The van der Waals surface area contributed by atoms with Crippen LogP contribution in [0.15, 0.2) is 16.7 Å². The Bertz CT molecular complexity index is 326. The topological polar surface area (TPSA) is 60.2 Å². The number of nitrogens with one attached hydrogen (secondary N) is 1. The molecular weight excluding hydrogens is 246 g/mol. The number of aromatic nitrogens is 1. The minimum Gasteiger partial charge on any atom is -0.396 e. The third kappa shape index (κ3) is 2.16. The molecule has 0 amide bonds. The van der Waals surface area contributed by atoms with Gasteiger partial charge in [-0.1, -0.05) is 0 Å². The summed E-state index contributed by atoms with van der Waals surface area (Å²) in [6.07, 6.45) is 2.74. The van der Waals surface area contributed by atoms with E-state index in [-0.39, 0.29) is 0 Å². The lowest BCUT2D eigenvalue weighted by Gasteiger charge is -2.12. The average Bonchev–Trinajstić information content (AvgIpc) is 2.62. The standard InChI is InChI=1S/C9H12BrN3O/c10-6-3-8(11)9(12-4-6)13-7-1-2-14-5-7/h3-4,7H,1-2,5,11H2,(H,12,13). The molecule has 0 saturated carbocycles. The van der Waals surface area contributed by atoms with Crippen molar-refractivity contribution in [1.29, 1.82) is 0 Å². The van der Waals surface area contributed by atoms with E-state index in [2.05, 4.69) is 26.2 Å². The van der Waals surface area contributed by atoms with E-state index in [0.29, 0.717) is 11.7 Å². The number of nitrogens with zero attached hydrogens (tertiary/aromatic N) is 1. The molecule has 2 rings (SSSR count). The van der Waals surface area contributed by atoms with Crippen molar-refractivity contribution in [2.24, 2.45) is 0 Å². The van der Waals surface area contributed by atoms with Crippen LogP contribution in [0.1, 0.15) is 6.42 Å². The van der Waals surface area contributed by atoms with Crippen LogP contribution >= 0.6 is 15.9 Å². The zero-order valence-corrected chi connectivity index (χ0v) is 9.25. The predicted octanol–water partition coefficient (Wildman–Crippen LogP) is 1.63. The normalized spacial score (nSPS) is 21.1. The highest BCUT2D eigenvalue weighted by molar-refractivity contribution is 9.10. The summed E-state index contributed by atoms with van der Waals surface area (Å²) in [6, 6.07) is 2.18. The van der Waals surface area contributed by atoms with E-state index < -0.39 is 0 Å². The number of nitrogens with two attached hydrogens (primary N) is 1. The Balaban J connectivity index is 2.08. The van der Waals surface area contributed by atoms with Gasteiger partial charge in [-0.15, -0.1) is 0 Å². The molecule has 3 N–H and O–H groups in total. The minimum absolute atomic E-state index is 0.339. The molecule has 0 bridgehead atoms. The highest BCUT2D eigenvalue weighted by Crippen LogP contribution is 2.21. The molecule has 1 atom stereocenters. The summed E-state index contributed by atoms with van der Waals surface area (Å²) >= 11 is 3.31. The van der Waals surface area contributed by atoms with Crippen LogP contribution in [0.5, 0.6) is 0 Å². The Morgan fingerprint density at radius 3 is 3.14 bits per heavy atom. The molecule has 1 aliphatic rings. The number of rotatable bonds is 2. The quantitative estimate of drug-likeness (QED) is 0.846. The summed E-state index contributed by atoms with van der Waals surface area (Å²) in [7, 11) is 0. The van der Waals surface area contributed by atoms with Crippen LogP contribution in [0.3, 0.4) is 0 Å². The number of hydrogen-bond donors (Lipinski definition) is 2. The molecule has 1 fully saturated rings. The van der Waals surface area contributed by atoms with Crippen molar-refractivity contribution in [2.45, 2.75) is 12.5 Å². The fourth-order valence-electron chi connectivity index (χ4n) is 1.42. The first-order valence-corrected chi connectivity index (χ1v) is 5.30. The van der Waals surface area contributed by atoms with E-state index >= 15 is 0 Å². The molecule has 5 heteroatoms. The fraction of sp³-hybridized carbons (Fsp3) is 0.444. The largest absolute Gasteiger partial charge is 0.396 e. The molecule has 0 aromatic carbocycles. The molecule has 0 spiro atoms. The first-order valence-electron chi connectivity index (χ1n) is 4.51. The first-order chi connectivity index (χ1) is 6.75. The Labute approximate surface area is 91.0 Å². The van der Waals surface area contributed by atoms with Gasteiger partial charge in [-0.25, -0.2) is 4.98 Å². The van der Waals surface area contributed by atoms with E-state index in [1.807, 2.05) is 6.07 Å². The van der Waals surface area contributed by atoms with Gasteiger partial charge in [0, 0.05) is 17.3 Å². The maximum absolute atomic E-state index is 5.80. The lowest BCUT2D eigenvalue weighted by molar-refractivity contribution is 0.195. The van der Waals surface area contributed by atoms with Gasteiger partial charge in [0.05, 0.1) is 18.3 Å². The molecule has 0 aliphatic carbocycles. The number of pyridine rings is 1. The van der Waals surface area contributed by atoms with Gasteiger partial charge < -0.3 is 15.8 Å². The Morgan fingerprint density at radius 1 is 1.64 bits per heavy atom. The van der Waals surface area contributed by atoms with E-state index in [1.165, 1.54) is 0 Å². The summed E-state index contributed by atoms with van der Waals surface area (Å²) in [5.74, 6) is 0.740. The summed E-state index contributed by atoms with van der Waals surface area (Å²) in [6.45, 7) is 1.55. The number of hydrogen-bond acceptors (Lipinski definition) is 4. The summed E-state index contributed by atoms with van der Waals surface area (Å²) in [5, 5.41) is 3.25. The summed E-state index contributed by atoms with van der Waals surface area (Å²) in [5.41, 5.74) is 6.46. The lowest BCUT2D eigenvalue weighted by atomic mass is 10.2. The molecule has 1 aromatic rings. The second-order valence-electron chi connectivity index (χ2n) is 3.30. The van der Waals surface area contributed by atoms with Crippen molar-refractivity contribution in [3.05, 3.63) is 16.7 Å². The van der Waals surface area contributed by atoms with E-state index in [4.69, 9.17) is 10.5 Å². The highest BCUT2D eigenvalue weighted by atomic mass is 79.9. The number of nitrogen functional groups attached to an aromatic ring is 1. The fourth-order valence-corrected chi connectivity index (χ4v) is 1.77. The molecule has 0 radical (unpaired) electrons. The molecule has 1 saturated heterocycles. The monoisotopic (exact) mass is 257 g/mol. The molecule has 4 nitrogen and oxygen atoms in total. The third-order valence-corrected chi connectivity index (χ3v) is 2.59. The van der Waals surface area contributed by atoms with E-state index in [1.54, 1.807) is 6.20 Å². The van der Waals surface area contributed by atoms with Gasteiger partial charge in [0.1, 0.15) is 5.82 Å². The van der Waals surface area contributed by atoms with Gasteiger partial charge in [-0.3, -0.25) is 0 Å². The van der Waals surface area contributed by atoms with Gasteiger partial charge >= 0.3 is 0 Å². The second kappa shape index (κ2) is 4.14. The summed E-state index contributed by atoms with van der Waals surface area (Å²) in [4.78, 5) is 4.20. The smallest absolute Gasteiger partial charge is 0.149 e. The van der Waals surface area contributed by atoms with Crippen molar-refractivity contribution in [3.63, 3.8) is 0 Å². The number of halogens is 1. The average molecular weight is 258 g/mol. The Morgan fingerprint density at radius 2 is 2.50 bits per heavy atom. The van der Waals surface area contributed by atoms with Crippen LogP contribution in [-0.2, 0) is 4.74 Å². The van der Waals surface area contributed by atoms with Crippen LogP contribution in [0, 0.1) is 0 Å². The molecular formula is C9H12BrN3O. The molecule has 2 heterocycles. The van der Waals surface area contributed by atoms with E-state index in [9.17, 15) is 0 Å². The van der Waals surface area contributed by atoms with Crippen LogP contribution in [0.25, 0.3) is 0 Å². The Kier molecular flexibility index (Phi) is 2.88. The van der Waals surface area contributed by atoms with Gasteiger partial charge in [0.15, 0.2) is 0 Å². The third-order valence-electron chi connectivity index (χ3n) is 2.15. The summed E-state index contributed by atoms with van der Waals surface area (Å²) < 4.78 is 6.14. The van der Waals surface area contributed by atoms with Crippen molar-refractivity contribution in [1.82, 2.24) is 4.98 Å². The van der Waals surface area contributed by atoms with E-state index in [0.717, 1.165) is 29.9 Å². The molecule has 76 valence electrons. The number of anilines is 2. The molecule has 1 aliphatic heterocycles. The van der Waals surface area contributed by atoms with Crippen molar-refractivity contribution in [3.8, 4) is 0 Å². The van der Waals surface area contributed by atoms with Crippen LogP contribution in [-0.4, -0.2) is 24.2 Å². The van der Waals surface area contributed by atoms with Crippen molar-refractivity contribution >= 4 is 27.4 Å². The first kappa shape index (κ1) is 9.73. The SMILES string of the molecule is Nc1cc(Br)cnc1NC1CCOC1. The maximum atomic E-state index is 5.80. The van der Waals surface area contributed by atoms with Crippen molar-refractivity contribution in [2.75, 3.05) is 24.3 Å². The van der Waals surface area contributed by atoms with Gasteiger partial charge in [0.25, 0.3) is 0 Å². The van der Waals surface area contributed by atoms with Gasteiger partial charge in [0.2, 0.25) is 0 Å². The molecule has 1 unspecified atom stereocenters. The zero-order chi connectivity index (χ0) is 9.97. The van der Waals surface area contributed by atoms with Crippen LogP contribution in [0.2, 0.25) is 0 Å². The van der Waals surface area contributed by atoms with Crippen LogP contribution < -0.4 is 11.1 Å². The Hall–Kier alpha value is -0.810. The second-order valence-corrected chi connectivity index (χ2v) is 4.21. The van der Waals surface area contributed by atoms with Crippen molar-refractivity contribution < 1.29 is 4.74 Å². The van der Waals surface area contributed by atoms with Gasteiger partial charge in [-0.2, -0.15) is 0 Å². The lowest BCUT2D eigenvalue weighted by Crippen LogP contribution is -2.20. The molecule has 14 heavy (non-hydrogen) atoms. The number of ether oxygens (including phenoxy) is 1. The molecule has 1 aromatic heterocycles. The van der Waals surface area contributed by atoms with Crippen LogP contribution in [0.4, 0.5) is 11.5 Å². The van der Waals surface area contributed by atoms with Gasteiger partial charge in [-0.05, 0) is 28.4 Å². The predicted molar refractivity (Wildman–Crippen MR) is 59.2 cm³/mol. The highest BCUT2D eigenvalue weighted by Gasteiger charge is 2.16. The minimum atomic E-state index is 0.339. The zero-order valence-electron chi connectivity index (χ0n) is 7.66.